The van der Waals surface area contributed by atoms with Crippen LogP contribution >= 0.6 is 22.7 Å². The Kier molecular flexibility index (Phi) is 5.64. The van der Waals surface area contributed by atoms with E-state index in [1.54, 1.807) is 22.7 Å². The number of carbonyl (C=O) groups excluding carboxylic acids is 1. The molecule has 1 fully saturated rings. The molecule has 0 aromatic carbocycles. The summed E-state index contributed by atoms with van der Waals surface area (Å²) in [5, 5.41) is 10.5. The number of aromatic nitrogens is 2. The second-order valence-corrected chi connectivity index (χ2v) is 9.52. The van der Waals surface area contributed by atoms with Crippen molar-refractivity contribution in [2.24, 2.45) is 5.92 Å². The van der Waals surface area contributed by atoms with Gasteiger partial charge in [0.25, 0.3) is 5.91 Å². The maximum atomic E-state index is 12.3. The molecule has 0 unspecified atom stereocenters. The van der Waals surface area contributed by atoms with Crippen LogP contribution < -0.4 is 10.2 Å². The summed E-state index contributed by atoms with van der Waals surface area (Å²) in [6.07, 6.45) is 2.92. The van der Waals surface area contributed by atoms with Gasteiger partial charge in [-0.1, -0.05) is 13.8 Å². The molecule has 0 radical (unpaired) electrons. The molecule has 1 aliphatic rings. The highest BCUT2D eigenvalue weighted by molar-refractivity contribution is 7.17. The number of anilines is 1. The molecule has 0 atom stereocenters. The minimum atomic E-state index is 0.0389. The van der Waals surface area contributed by atoms with Gasteiger partial charge in [-0.2, -0.15) is 11.3 Å². The van der Waals surface area contributed by atoms with E-state index in [2.05, 4.69) is 34.4 Å². The van der Waals surface area contributed by atoms with Gasteiger partial charge >= 0.3 is 0 Å². The molecule has 3 aromatic rings. The van der Waals surface area contributed by atoms with Gasteiger partial charge in [-0.3, -0.25) is 4.79 Å². The highest BCUT2D eigenvalue weighted by Crippen LogP contribution is 2.34. The van der Waals surface area contributed by atoms with Gasteiger partial charge in [0.1, 0.15) is 16.5 Å². The van der Waals surface area contributed by atoms with Crippen LogP contribution in [0.15, 0.2) is 22.2 Å². The SMILES string of the molecule is Cc1nc(N2CCC(NC(=O)c3ccsc3)CC2)c2c(CC(C)C)csc2n1. The van der Waals surface area contributed by atoms with Crippen molar-refractivity contribution >= 4 is 44.6 Å². The first-order valence-corrected chi connectivity index (χ1v) is 11.7. The Morgan fingerprint density at radius 1 is 1.29 bits per heavy atom. The van der Waals surface area contributed by atoms with Crippen molar-refractivity contribution in [3.63, 3.8) is 0 Å². The van der Waals surface area contributed by atoms with Gasteiger partial charge in [0.2, 0.25) is 0 Å². The number of carbonyl (C=O) groups is 1. The van der Waals surface area contributed by atoms with Crippen molar-refractivity contribution in [1.29, 1.82) is 0 Å². The zero-order valence-corrected chi connectivity index (χ0v) is 18.2. The molecule has 0 spiro atoms. The van der Waals surface area contributed by atoms with E-state index in [9.17, 15) is 4.79 Å². The van der Waals surface area contributed by atoms with Crippen LogP contribution in [0.4, 0.5) is 5.82 Å². The van der Waals surface area contributed by atoms with E-state index < -0.39 is 0 Å². The number of aryl methyl sites for hydroxylation is 1. The number of amides is 1. The first-order valence-electron chi connectivity index (χ1n) is 9.84. The van der Waals surface area contributed by atoms with Crippen LogP contribution in [-0.2, 0) is 6.42 Å². The molecular formula is C21H26N4OS2. The molecule has 1 aliphatic heterocycles. The fraction of sp³-hybridized carbons (Fsp3) is 0.476. The lowest BCUT2D eigenvalue weighted by molar-refractivity contribution is 0.0931. The summed E-state index contributed by atoms with van der Waals surface area (Å²) in [5.74, 6) is 2.54. The monoisotopic (exact) mass is 414 g/mol. The minimum Gasteiger partial charge on any atom is -0.356 e. The predicted octanol–water partition coefficient (Wildman–Crippen LogP) is 4.66. The molecule has 0 bridgehead atoms. The number of fused-ring (bicyclic) bond motifs is 1. The lowest BCUT2D eigenvalue weighted by Crippen LogP contribution is -2.45. The van der Waals surface area contributed by atoms with Crippen molar-refractivity contribution in [2.45, 2.75) is 46.1 Å². The van der Waals surface area contributed by atoms with E-state index in [0.29, 0.717) is 5.92 Å². The van der Waals surface area contributed by atoms with E-state index in [0.717, 1.165) is 54.4 Å². The quantitative estimate of drug-likeness (QED) is 0.660. The number of hydrogen-bond acceptors (Lipinski definition) is 6. The predicted molar refractivity (Wildman–Crippen MR) is 118 cm³/mol. The van der Waals surface area contributed by atoms with Crippen LogP contribution in [0.3, 0.4) is 0 Å². The summed E-state index contributed by atoms with van der Waals surface area (Å²) < 4.78 is 0. The lowest BCUT2D eigenvalue weighted by atomic mass is 10.0. The third-order valence-electron chi connectivity index (χ3n) is 5.14. The third kappa shape index (κ3) is 4.05. The van der Waals surface area contributed by atoms with Crippen LogP contribution in [0.2, 0.25) is 0 Å². The minimum absolute atomic E-state index is 0.0389. The summed E-state index contributed by atoms with van der Waals surface area (Å²) in [6.45, 7) is 8.27. The second kappa shape index (κ2) is 8.17. The van der Waals surface area contributed by atoms with Crippen molar-refractivity contribution < 1.29 is 4.79 Å². The lowest BCUT2D eigenvalue weighted by Gasteiger charge is -2.33. The van der Waals surface area contributed by atoms with E-state index in [1.165, 1.54) is 10.9 Å². The van der Waals surface area contributed by atoms with Crippen LogP contribution in [0.25, 0.3) is 10.2 Å². The van der Waals surface area contributed by atoms with Crippen molar-refractivity contribution in [1.82, 2.24) is 15.3 Å². The molecular weight excluding hydrogens is 388 g/mol. The largest absolute Gasteiger partial charge is 0.356 e. The smallest absolute Gasteiger partial charge is 0.252 e. The summed E-state index contributed by atoms with van der Waals surface area (Å²) in [5.41, 5.74) is 2.12. The zero-order chi connectivity index (χ0) is 19.7. The molecule has 3 aromatic heterocycles. The number of rotatable bonds is 5. The molecule has 4 heterocycles. The van der Waals surface area contributed by atoms with E-state index >= 15 is 0 Å². The Labute approximate surface area is 173 Å². The molecule has 148 valence electrons. The van der Waals surface area contributed by atoms with Crippen LogP contribution in [0.1, 0.15) is 48.4 Å². The van der Waals surface area contributed by atoms with Gasteiger partial charge in [-0.25, -0.2) is 9.97 Å². The highest BCUT2D eigenvalue weighted by Gasteiger charge is 2.25. The number of thiophene rings is 2. The van der Waals surface area contributed by atoms with Crippen molar-refractivity contribution in [2.75, 3.05) is 18.0 Å². The van der Waals surface area contributed by atoms with Gasteiger partial charge in [0, 0.05) is 30.1 Å². The average Bonchev–Trinajstić information content (AvgIpc) is 3.32. The number of hydrogen-bond donors (Lipinski definition) is 1. The Bertz CT molecular complexity index is 956. The first-order chi connectivity index (χ1) is 13.5. The molecule has 28 heavy (non-hydrogen) atoms. The van der Waals surface area contributed by atoms with Crippen molar-refractivity contribution in [3.05, 3.63) is 39.2 Å². The zero-order valence-electron chi connectivity index (χ0n) is 16.6. The maximum absolute atomic E-state index is 12.3. The van der Waals surface area contributed by atoms with Crippen LogP contribution in [0.5, 0.6) is 0 Å². The maximum Gasteiger partial charge on any atom is 0.252 e. The fourth-order valence-corrected chi connectivity index (χ4v) is 5.43. The van der Waals surface area contributed by atoms with Gasteiger partial charge in [0.15, 0.2) is 0 Å². The number of nitrogens with one attached hydrogen (secondary N) is 1. The van der Waals surface area contributed by atoms with Gasteiger partial charge in [0.05, 0.1) is 5.39 Å². The molecule has 5 nitrogen and oxygen atoms in total. The molecule has 1 amide bonds. The van der Waals surface area contributed by atoms with Gasteiger partial charge in [-0.05, 0) is 54.5 Å². The Balaban J connectivity index is 1.50. The molecule has 7 heteroatoms. The third-order valence-corrected chi connectivity index (χ3v) is 6.75. The van der Waals surface area contributed by atoms with E-state index in [-0.39, 0.29) is 11.9 Å². The second-order valence-electron chi connectivity index (χ2n) is 7.88. The Morgan fingerprint density at radius 3 is 2.75 bits per heavy atom. The standard InChI is InChI=1S/C21H26N4OS2/c1-13(2)10-16-12-28-21-18(16)19(22-14(3)23-21)25-7-4-17(5-8-25)24-20(26)15-6-9-27-11-15/h6,9,11-13,17H,4-5,7-8,10H2,1-3H3,(H,24,26). The fourth-order valence-electron chi connectivity index (χ4n) is 3.80. The van der Waals surface area contributed by atoms with Crippen LogP contribution in [-0.4, -0.2) is 35.0 Å². The summed E-state index contributed by atoms with van der Waals surface area (Å²) in [4.78, 5) is 25.3. The number of nitrogens with zero attached hydrogens (tertiary/aromatic N) is 3. The first kappa shape index (κ1) is 19.3. The Hall–Kier alpha value is -1.99. The molecule has 0 saturated carbocycles. The van der Waals surface area contributed by atoms with Gasteiger partial charge < -0.3 is 10.2 Å². The molecule has 0 aliphatic carbocycles. The highest BCUT2D eigenvalue weighted by atomic mass is 32.1. The number of piperidine rings is 1. The van der Waals surface area contributed by atoms with E-state index in [1.807, 2.05) is 23.8 Å². The van der Waals surface area contributed by atoms with Crippen LogP contribution in [0, 0.1) is 12.8 Å². The van der Waals surface area contributed by atoms with E-state index in [4.69, 9.17) is 4.98 Å². The molecule has 1 saturated heterocycles. The molecule has 1 N–H and O–H groups in total. The Morgan fingerprint density at radius 2 is 2.07 bits per heavy atom. The van der Waals surface area contributed by atoms with Crippen molar-refractivity contribution in [3.8, 4) is 0 Å². The average molecular weight is 415 g/mol. The summed E-state index contributed by atoms with van der Waals surface area (Å²) in [6, 6.07) is 2.10. The van der Waals surface area contributed by atoms with Gasteiger partial charge in [-0.15, -0.1) is 11.3 Å². The topological polar surface area (TPSA) is 58.1 Å². The summed E-state index contributed by atoms with van der Waals surface area (Å²) >= 11 is 3.28. The molecule has 4 rings (SSSR count). The normalized spacial score (nSPS) is 15.5. The summed E-state index contributed by atoms with van der Waals surface area (Å²) in [7, 11) is 0.